The van der Waals surface area contributed by atoms with Gasteiger partial charge in [0.15, 0.2) is 11.8 Å². The summed E-state index contributed by atoms with van der Waals surface area (Å²) < 4.78 is 24.4. The predicted molar refractivity (Wildman–Crippen MR) is 122 cm³/mol. The quantitative estimate of drug-likeness (QED) is 0.495. The highest BCUT2D eigenvalue weighted by molar-refractivity contribution is 6.31. The van der Waals surface area contributed by atoms with Crippen LogP contribution in [0.3, 0.4) is 0 Å². The van der Waals surface area contributed by atoms with Crippen LogP contribution in [0.4, 0.5) is 10.1 Å². The normalized spacial score (nSPS) is 14.5. The summed E-state index contributed by atoms with van der Waals surface area (Å²) >= 11 is 5.99. The molecule has 0 saturated heterocycles. The fourth-order valence-corrected chi connectivity index (χ4v) is 4.15. The Hall–Kier alpha value is -3.59. The van der Waals surface area contributed by atoms with Crippen molar-refractivity contribution in [2.75, 3.05) is 11.4 Å². The van der Waals surface area contributed by atoms with Crippen molar-refractivity contribution in [2.45, 2.75) is 37.8 Å². The van der Waals surface area contributed by atoms with Crippen LogP contribution < -0.4 is 15.5 Å². The van der Waals surface area contributed by atoms with Crippen molar-refractivity contribution in [3.63, 3.8) is 0 Å². The van der Waals surface area contributed by atoms with Crippen LogP contribution in [0.1, 0.15) is 48.0 Å². The molecule has 10 heteroatoms. The zero-order chi connectivity index (χ0) is 24.1. The molecule has 2 N–H and O–H groups in total. The Kier molecular flexibility index (Phi) is 7.32. The molecule has 8 nitrogen and oxygen atoms in total. The van der Waals surface area contributed by atoms with E-state index in [1.165, 1.54) is 30.7 Å². The number of nitrogens with one attached hydrogen (secondary N) is 2. The highest BCUT2D eigenvalue weighted by atomic mass is 35.5. The van der Waals surface area contributed by atoms with Crippen LogP contribution in [0, 0.1) is 5.82 Å². The van der Waals surface area contributed by atoms with Crippen LogP contribution in [-0.2, 0) is 9.59 Å². The smallest absolute Gasteiger partial charge is 0.287 e. The van der Waals surface area contributed by atoms with Crippen molar-refractivity contribution in [3.8, 4) is 0 Å². The molecule has 0 spiro atoms. The van der Waals surface area contributed by atoms with Crippen molar-refractivity contribution in [1.29, 1.82) is 0 Å². The van der Waals surface area contributed by atoms with Gasteiger partial charge in [-0.2, -0.15) is 0 Å². The third-order valence-corrected chi connectivity index (χ3v) is 5.91. The number of carbonyl (C=O) groups is 3. The van der Waals surface area contributed by atoms with Gasteiger partial charge >= 0.3 is 0 Å². The molecule has 4 rings (SSSR count). The first-order valence-electron chi connectivity index (χ1n) is 10.9. The predicted octanol–water partition coefficient (Wildman–Crippen LogP) is 4.23. The minimum Gasteiger partial charge on any atom is -0.467 e. The Morgan fingerprint density at radius 1 is 1.09 bits per heavy atom. The average molecular weight is 488 g/mol. The fraction of sp³-hybridized carbons (Fsp3) is 0.292. The van der Waals surface area contributed by atoms with E-state index in [2.05, 4.69) is 10.6 Å². The van der Waals surface area contributed by atoms with Crippen LogP contribution in [0.15, 0.2) is 63.8 Å². The number of hydrogen-bond acceptors (Lipinski definition) is 5. The van der Waals surface area contributed by atoms with Gasteiger partial charge in [0, 0.05) is 11.7 Å². The van der Waals surface area contributed by atoms with E-state index in [4.69, 9.17) is 20.4 Å². The van der Waals surface area contributed by atoms with E-state index in [0.717, 1.165) is 36.6 Å². The van der Waals surface area contributed by atoms with Crippen molar-refractivity contribution in [3.05, 3.63) is 77.4 Å². The van der Waals surface area contributed by atoms with Crippen molar-refractivity contribution < 1.29 is 27.6 Å². The first kappa shape index (κ1) is 23.6. The monoisotopic (exact) mass is 487 g/mol. The van der Waals surface area contributed by atoms with Crippen molar-refractivity contribution in [1.82, 2.24) is 10.6 Å². The van der Waals surface area contributed by atoms with Crippen LogP contribution in [0.25, 0.3) is 0 Å². The largest absolute Gasteiger partial charge is 0.467 e. The van der Waals surface area contributed by atoms with Crippen LogP contribution in [-0.4, -0.2) is 30.3 Å². The molecule has 0 bridgehead atoms. The van der Waals surface area contributed by atoms with E-state index < -0.39 is 36.1 Å². The Balaban J connectivity index is 1.66. The number of furan rings is 2. The number of rotatable bonds is 8. The molecule has 1 unspecified atom stereocenters. The third kappa shape index (κ3) is 5.31. The molecule has 2 heterocycles. The summed E-state index contributed by atoms with van der Waals surface area (Å²) in [6, 6.07) is 8.65. The van der Waals surface area contributed by atoms with E-state index >= 15 is 0 Å². The van der Waals surface area contributed by atoms with E-state index in [9.17, 15) is 18.8 Å². The lowest BCUT2D eigenvalue weighted by Crippen LogP contribution is -2.49. The average Bonchev–Trinajstić information content (AvgIpc) is 3.61. The number of halogens is 2. The van der Waals surface area contributed by atoms with Gasteiger partial charge in [-0.25, -0.2) is 4.39 Å². The summed E-state index contributed by atoms with van der Waals surface area (Å²) in [5.74, 6) is -2.11. The molecule has 1 saturated carbocycles. The van der Waals surface area contributed by atoms with Gasteiger partial charge in [-0.05, 0) is 55.3 Å². The van der Waals surface area contributed by atoms with Gasteiger partial charge in [0.1, 0.15) is 11.6 Å². The number of carbonyl (C=O) groups excluding carboxylic acids is 3. The SMILES string of the molecule is O=C(NCC(=O)N(c1ccc(F)c(Cl)c1)C(C(=O)NC1CCCC1)c1ccco1)c1ccco1. The molecule has 1 aliphatic carbocycles. The van der Waals surface area contributed by atoms with Crippen molar-refractivity contribution >= 4 is 35.0 Å². The maximum Gasteiger partial charge on any atom is 0.287 e. The number of benzene rings is 1. The number of hydrogen-bond donors (Lipinski definition) is 2. The highest BCUT2D eigenvalue weighted by Gasteiger charge is 2.36. The molecule has 1 atom stereocenters. The van der Waals surface area contributed by atoms with Gasteiger partial charge in [-0.3, -0.25) is 19.3 Å². The van der Waals surface area contributed by atoms with Gasteiger partial charge in [-0.1, -0.05) is 24.4 Å². The van der Waals surface area contributed by atoms with E-state index in [0.29, 0.717) is 0 Å². The molecule has 0 aliphatic heterocycles. The molecular weight excluding hydrogens is 465 g/mol. The second kappa shape index (κ2) is 10.6. The summed E-state index contributed by atoms with van der Waals surface area (Å²) in [7, 11) is 0. The molecule has 0 radical (unpaired) electrons. The summed E-state index contributed by atoms with van der Waals surface area (Å²) in [5.41, 5.74) is 0.173. The molecule has 1 aliphatic rings. The van der Waals surface area contributed by atoms with Crippen LogP contribution in [0.2, 0.25) is 5.02 Å². The van der Waals surface area contributed by atoms with Crippen LogP contribution >= 0.6 is 11.6 Å². The molecule has 178 valence electrons. The summed E-state index contributed by atoms with van der Waals surface area (Å²) in [6.45, 7) is -0.456. The lowest BCUT2D eigenvalue weighted by atomic mass is 10.1. The lowest BCUT2D eigenvalue weighted by molar-refractivity contribution is -0.127. The highest BCUT2D eigenvalue weighted by Crippen LogP contribution is 2.32. The number of anilines is 1. The van der Waals surface area contributed by atoms with Gasteiger partial charge in [-0.15, -0.1) is 0 Å². The third-order valence-electron chi connectivity index (χ3n) is 5.62. The fourth-order valence-electron chi connectivity index (χ4n) is 3.98. The summed E-state index contributed by atoms with van der Waals surface area (Å²) in [5, 5.41) is 5.25. The Labute approximate surface area is 200 Å². The van der Waals surface area contributed by atoms with Crippen LogP contribution in [0.5, 0.6) is 0 Å². The zero-order valence-electron chi connectivity index (χ0n) is 18.1. The summed E-state index contributed by atoms with van der Waals surface area (Å²) in [6.07, 6.45) is 6.42. The second-order valence-corrected chi connectivity index (χ2v) is 8.34. The van der Waals surface area contributed by atoms with Gasteiger partial charge in [0.05, 0.1) is 24.1 Å². The lowest BCUT2D eigenvalue weighted by Gasteiger charge is -2.31. The van der Waals surface area contributed by atoms with E-state index in [1.54, 1.807) is 18.2 Å². The molecule has 1 aromatic carbocycles. The molecule has 34 heavy (non-hydrogen) atoms. The first-order valence-corrected chi connectivity index (χ1v) is 11.2. The number of amides is 3. The standard InChI is InChI=1S/C24H23ClFN3O5/c25-17-13-16(9-10-18(17)26)29(21(30)14-27-23(31)20-8-4-12-34-20)22(19-7-3-11-33-19)24(32)28-15-5-1-2-6-15/h3-4,7-13,15,22H,1-2,5-6,14H2,(H,27,31)(H,28,32). The molecule has 3 aromatic rings. The second-order valence-electron chi connectivity index (χ2n) is 7.93. The molecule has 2 aromatic heterocycles. The maximum absolute atomic E-state index is 13.9. The topological polar surface area (TPSA) is 105 Å². The van der Waals surface area contributed by atoms with Crippen molar-refractivity contribution in [2.24, 2.45) is 0 Å². The maximum atomic E-state index is 13.9. The minimum atomic E-state index is -1.20. The minimum absolute atomic E-state index is 0.0163. The Morgan fingerprint density at radius 2 is 1.82 bits per heavy atom. The van der Waals surface area contributed by atoms with Gasteiger partial charge in [0.25, 0.3) is 11.8 Å². The molecule has 1 fully saturated rings. The van der Waals surface area contributed by atoms with Gasteiger partial charge in [0.2, 0.25) is 5.91 Å². The van der Waals surface area contributed by atoms with E-state index in [1.807, 2.05) is 0 Å². The number of nitrogens with zero attached hydrogens (tertiary/aromatic N) is 1. The van der Waals surface area contributed by atoms with Gasteiger partial charge < -0.3 is 19.5 Å². The Morgan fingerprint density at radius 3 is 2.47 bits per heavy atom. The zero-order valence-corrected chi connectivity index (χ0v) is 18.9. The first-order chi connectivity index (χ1) is 16.4. The summed E-state index contributed by atoms with van der Waals surface area (Å²) in [4.78, 5) is 40.3. The molecular formula is C24H23ClFN3O5. The van der Waals surface area contributed by atoms with E-state index in [-0.39, 0.29) is 28.3 Å². The Bertz CT molecular complexity index is 1140. The molecule has 3 amide bonds.